The van der Waals surface area contributed by atoms with Crippen molar-refractivity contribution in [1.82, 2.24) is 19.7 Å². The fourth-order valence-electron chi connectivity index (χ4n) is 5.68. The molecule has 0 bridgehead atoms. The van der Waals surface area contributed by atoms with Gasteiger partial charge in [-0.1, -0.05) is 6.07 Å². The summed E-state index contributed by atoms with van der Waals surface area (Å²) in [6.07, 6.45) is 3.01. The molecular formula is C31H31FIN7O3. The number of ether oxygens (including phenoxy) is 1. The van der Waals surface area contributed by atoms with E-state index in [1.165, 1.54) is 12.1 Å². The Labute approximate surface area is 262 Å². The molecule has 1 fully saturated rings. The predicted octanol–water partition coefficient (Wildman–Crippen LogP) is 3.90. The number of hydrogen-bond donors (Lipinski definition) is 2. The summed E-state index contributed by atoms with van der Waals surface area (Å²) in [6.45, 7) is 5.05. The Morgan fingerprint density at radius 3 is 2.56 bits per heavy atom. The molecule has 2 aromatic carbocycles. The first-order valence-corrected chi connectivity index (χ1v) is 15.1. The Morgan fingerprint density at radius 2 is 1.84 bits per heavy atom. The minimum Gasteiger partial charge on any atom is -0.383 e. The van der Waals surface area contributed by atoms with Crippen LogP contribution in [-0.2, 0) is 17.6 Å². The fourth-order valence-corrected chi connectivity index (χ4v) is 6.22. The second kappa shape index (κ2) is 12.4. The van der Waals surface area contributed by atoms with Crippen molar-refractivity contribution in [1.29, 1.82) is 0 Å². The monoisotopic (exact) mass is 695 g/mol. The molecule has 2 amide bonds. The van der Waals surface area contributed by atoms with Gasteiger partial charge in [-0.15, -0.1) is 0 Å². The van der Waals surface area contributed by atoms with Crippen molar-refractivity contribution in [3.8, 4) is 16.9 Å². The minimum absolute atomic E-state index is 0.192. The zero-order valence-corrected chi connectivity index (χ0v) is 25.8. The quantitative estimate of drug-likeness (QED) is 0.269. The number of nitrogens with zero attached hydrogens (tertiary/aromatic N) is 5. The molecule has 12 heteroatoms. The maximum atomic E-state index is 13.7. The Hall–Kier alpha value is -3.88. The van der Waals surface area contributed by atoms with Crippen LogP contribution >= 0.6 is 22.6 Å². The van der Waals surface area contributed by atoms with Gasteiger partial charge in [-0.3, -0.25) is 14.5 Å². The average molecular weight is 696 g/mol. The number of aromatic nitrogens is 3. The van der Waals surface area contributed by atoms with E-state index in [9.17, 15) is 14.0 Å². The maximum absolute atomic E-state index is 13.7. The summed E-state index contributed by atoms with van der Waals surface area (Å²) in [5.41, 5.74) is 11.0. The number of methoxy groups -OCH3 is 1. The van der Waals surface area contributed by atoms with Crippen molar-refractivity contribution in [2.45, 2.75) is 12.8 Å². The molecule has 0 unspecified atom stereocenters. The Bertz CT molecular complexity index is 1680. The number of benzene rings is 2. The van der Waals surface area contributed by atoms with Gasteiger partial charge < -0.3 is 20.7 Å². The van der Waals surface area contributed by atoms with Crippen molar-refractivity contribution in [2.24, 2.45) is 5.73 Å². The first kappa shape index (κ1) is 29.2. The molecule has 2 aromatic heterocycles. The SMILES string of the molecule is COCCN1CCN(c2cc(C(=O)Nc3ccc4c(c3)-c3c(c(C(N)=O)nn3-c3ccc(F)cc3)CC4)c(I)cn2)CC1. The topological polar surface area (TPSA) is 119 Å². The van der Waals surface area contributed by atoms with Crippen molar-refractivity contribution in [3.63, 3.8) is 0 Å². The fraction of sp³-hybridized carbons (Fsp3) is 0.290. The third kappa shape index (κ3) is 5.99. The molecule has 0 atom stereocenters. The van der Waals surface area contributed by atoms with Crippen molar-refractivity contribution in [2.75, 3.05) is 56.7 Å². The summed E-state index contributed by atoms with van der Waals surface area (Å²) in [5.74, 6) is -0.463. The zero-order chi connectivity index (χ0) is 30.1. The number of carbonyl (C=O) groups is 2. The highest BCUT2D eigenvalue weighted by atomic mass is 127. The van der Waals surface area contributed by atoms with E-state index in [-0.39, 0.29) is 17.4 Å². The number of anilines is 2. The van der Waals surface area contributed by atoms with E-state index in [2.05, 4.69) is 47.8 Å². The highest BCUT2D eigenvalue weighted by Gasteiger charge is 2.29. The summed E-state index contributed by atoms with van der Waals surface area (Å²) < 4.78 is 21.3. The number of primary amides is 1. The molecule has 2 aliphatic rings. The molecule has 0 saturated carbocycles. The van der Waals surface area contributed by atoms with Gasteiger partial charge in [-0.05, 0) is 83.5 Å². The van der Waals surface area contributed by atoms with Crippen LogP contribution < -0.4 is 16.0 Å². The van der Waals surface area contributed by atoms with E-state index >= 15 is 0 Å². The van der Waals surface area contributed by atoms with Crippen molar-refractivity contribution < 1.29 is 18.7 Å². The van der Waals surface area contributed by atoms with Crippen LogP contribution in [0.1, 0.15) is 32.0 Å². The normalized spacial score (nSPS) is 14.7. The van der Waals surface area contributed by atoms with Gasteiger partial charge in [0.25, 0.3) is 11.8 Å². The van der Waals surface area contributed by atoms with Crippen LogP contribution in [0.4, 0.5) is 15.9 Å². The second-order valence-corrected chi connectivity index (χ2v) is 11.8. The third-order valence-electron chi connectivity index (χ3n) is 7.95. The molecule has 3 heterocycles. The second-order valence-electron chi connectivity index (χ2n) is 10.6. The molecule has 1 saturated heterocycles. The van der Waals surface area contributed by atoms with Crippen molar-refractivity contribution in [3.05, 3.63) is 86.5 Å². The van der Waals surface area contributed by atoms with Crippen LogP contribution in [0.15, 0.2) is 54.7 Å². The number of nitrogens with one attached hydrogen (secondary N) is 1. The number of pyridine rings is 1. The summed E-state index contributed by atoms with van der Waals surface area (Å²) in [6, 6.07) is 13.5. The van der Waals surface area contributed by atoms with E-state index in [0.29, 0.717) is 42.1 Å². The van der Waals surface area contributed by atoms with Crippen molar-refractivity contribution >= 4 is 45.9 Å². The number of rotatable bonds is 8. The largest absolute Gasteiger partial charge is 0.383 e. The molecule has 222 valence electrons. The number of piperazine rings is 1. The summed E-state index contributed by atoms with van der Waals surface area (Å²) in [7, 11) is 1.71. The number of halogens is 2. The molecule has 0 spiro atoms. The van der Waals surface area contributed by atoms with E-state index in [1.807, 2.05) is 24.3 Å². The molecule has 43 heavy (non-hydrogen) atoms. The summed E-state index contributed by atoms with van der Waals surface area (Å²) >= 11 is 2.13. The summed E-state index contributed by atoms with van der Waals surface area (Å²) in [4.78, 5) is 35.0. The molecular weight excluding hydrogens is 664 g/mol. The number of carbonyl (C=O) groups excluding carboxylic acids is 2. The van der Waals surface area contributed by atoms with Crippen LogP contribution in [0.5, 0.6) is 0 Å². The lowest BCUT2D eigenvalue weighted by Gasteiger charge is -2.35. The molecule has 6 rings (SSSR count). The lowest BCUT2D eigenvalue weighted by Crippen LogP contribution is -2.47. The standard InChI is InChI=1S/C31H31FIN7O3/c1-43-15-14-38-10-12-39(13-11-38)27-17-25(26(33)18-35-27)31(42)36-21-6-2-19-3-9-23-28(30(34)41)37-40(29(23)24(19)16-21)22-7-4-20(32)5-8-22/h2,4-8,16-18H,3,9-15H2,1H3,(H2,34,41)(H,36,42). The van der Waals surface area contributed by atoms with Gasteiger partial charge in [0.2, 0.25) is 0 Å². The Kier molecular flexibility index (Phi) is 8.41. The minimum atomic E-state index is -0.621. The smallest absolute Gasteiger partial charge is 0.269 e. The van der Waals surface area contributed by atoms with Gasteiger partial charge in [0.05, 0.1) is 23.6 Å². The van der Waals surface area contributed by atoms with Crippen LogP contribution in [0.3, 0.4) is 0 Å². The highest BCUT2D eigenvalue weighted by molar-refractivity contribution is 14.1. The third-order valence-corrected chi connectivity index (χ3v) is 8.81. The van der Waals surface area contributed by atoms with Gasteiger partial charge in [0.15, 0.2) is 5.69 Å². The van der Waals surface area contributed by atoms with Gasteiger partial charge in [0, 0.05) is 66.4 Å². The van der Waals surface area contributed by atoms with Gasteiger partial charge in [-0.25, -0.2) is 14.1 Å². The van der Waals surface area contributed by atoms with Gasteiger partial charge in [0.1, 0.15) is 11.6 Å². The van der Waals surface area contributed by atoms with Crippen LogP contribution in [-0.4, -0.2) is 77.9 Å². The van der Waals surface area contributed by atoms with E-state index in [4.69, 9.17) is 10.5 Å². The summed E-state index contributed by atoms with van der Waals surface area (Å²) in [5, 5.41) is 7.58. The average Bonchev–Trinajstić information content (AvgIpc) is 3.41. The Balaban J connectivity index is 1.27. The van der Waals surface area contributed by atoms with Gasteiger partial charge in [-0.2, -0.15) is 5.10 Å². The number of amides is 2. The van der Waals surface area contributed by atoms with Crippen LogP contribution in [0.25, 0.3) is 16.9 Å². The molecule has 3 N–H and O–H groups in total. The first-order valence-electron chi connectivity index (χ1n) is 14.1. The number of fused-ring (bicyclic) bond motifs is 3. The predicted molar refractivity (Wildman–Crippen MR) is 170 cm³/mol. The molecule has 1 aliphatic carbocycles. The maximum Gasteiger partial charge on any atom is 0.269 e. The molecule has 10 nitrogen and oxygen atoms in total. The first-order chi connectivity index (χ1) is 20.8. The lowest BCUT2D eigenvalue weighted by atomic mass is 9.88. The lowest BCUT2D eigenvalue weighted by molar-refractivity contribution is 0.0992. The number of aryl methyl sites for hydroxylation is 1. The van der Waals surface area contributed by atoms with Crippen LogP contribution in [0.2, 0.25) is 0 Å². The highest BCUT2D eigenvalue weighted by Crippen LogP contribution is 2.38. The van der Waals surface area contributed by atoms with Crippen LogP contribution in [0, 0.1) is 9.39 Å². The number of hydrogen-bond acceptors (Lipinski definition) is 7. The molecule has 0 radical (unpaired) electrons. The number of nitrogens with two attached hydrogens (primary N) is 1. The van der Waals surface area contributed by atoms with E-state index < -0.39 is 5.91 Å². The Morgan fingerprint density at radius 1 is 1.07 bits per heavy atom. The molecule has 4 aromatic rings. The zero-order valence-electron chi connectivity index (χ0n) is 23.6. The molecule has 1 aliphatic heterocycles. The van der Waals surface area contributed by atoms with Gasteiger partial charge >= 0.3 is 0 Å². The van der Waals surface area contributed by atoms with E-state index in [0.717, 1.165) is 58.8 Å². The van der Waals surface area contributed by atoms with E-state index in [1.54, 1.807) is 30.1 Å².